The van der Waals surface area contributed by atoms with E-state index in [-0.39, 0.29) is 5.91 Å². The van der Waals surface area contributed by atoms with Gasteiger partial charge in [0.15, 0.2) is 0 Å². The standard InChI is InChI=1S/C20H24ClNO3/c1-4-24-18-9-6-5-8-17(18)22-19(23)10-7-11-25-16-12-14(2)20(21)15(3)13-16/h5-6,8-9,12-13H,4,7,10-11H2,1-3H3,(H,22,23). The molecule has 0 spiro atoms. The van der Waals surface area contributed by atoms with Crippen molar-refractivity contribution in [2.45, 2.75) is 33.6 Å². The molecule has 0 saturated heterocycles. The lowest BCUT2D eigenvalue weighted by atomic mass is 10.1. The zero-order valence-corrected chi connectivity index (χ0v) is 15.7. The van der Waals surface area contributed by atoms with Gasteiger partial charge in [-0.1, -0.05) is 23.7 Å². The smallest absolute Gasteiger partial charge is 0.224 e. The Balaban J connectivity index is 1.79. The molecule has 0 radical (unpaired) electrons. The van der Waals surface area contributed by atoms with E-state index in [1.165, 1.54) is 0 Å². The number of halogens is 1. The van der Waals surface area contributed by atoms with Gasteiger partial charge in [0.2, 0.25) is 5.91 Å². The van der Waals surface area contributed by atoms with Crippen LogP contribution in [0.4, 0.5) is 5.69 Å². The summed E-state index contributed by atoms with van der Waals surface area (Å²) < 4.78 is 11.2. The van der Waals surface area contributed by atoms with E-state index in [1.54, 1.807) is 0 Å². The van der Waals surface area contributed by atoms with Crippen LogP contribution in [0.5, 0.6) is 11.5 Å². The molecule has 134 valence electrons. The Labute approximate surface area is 154 Å². The molecule has 5 heteroatoms. The maximum Gasteiger partial charge on any atom is 0.224 e. The number of benzene rings is 2. The van der Waals surface area contributed by atoms with Crippen LogP contribution in [-0.2, 0) is 4.79 Å². The largest absolute Gasteiger partial charge is 0.494 e. The topological polar surface area (TPSA) is 47.6 Å². The summed E-state index contributed by atoms with van der Waals surface area (Å²) in [5.74, 6) is 1.41. The minimum atomic E-state index is -0.0563. The van der Waals surface area contributed by atoms with Crippen LogP contribution in [0.25, 0.3) is 0 Å². The zero-order chi connectivity index (χ0) is 18.2. The molecule has 0 unspecified atom stereocenters. The maximum absolute atomic E-state index is 12.1. The Bertz CT molecular complexity index is 708. The van der Waals surface area contributed by atoms with Gasteiger partial charge >= 0.3 is 0 Å². The van der Waals surface area contributed by atoms with E-state index in [1.807, 2.05) is 57.2 Å². The van der Waals surface area contributed by atoms with E-state index in [4.69, 9.17) is 21.1 Å². The Hall–Kier alpha value is -2.20. The van der Waals surface area contributed by atoms with Crippen molar-refractivity contribution < 1.29 is 14.3 Å². The summed E-state index contributed by atoms with van der Waals surface area (Å²) in [6.07, 6.45) is 1.01. The molecule has 2 aromatic carbocycles. The van der Waals surface area contributed by atoms with Crippen molar-refractivity contribution in [2.75, 3.05) is 18.5 Å². The number of nitrogens with one attached hydrogen (secondary N) is 1. The normalized spacial score (nSPS) is 10.4. The molecule has 1 N–H and O–H groups in total. The molecule has 0 aliphatic rings. The van der Waals surface area contributed by atoms with Gasteiger partial charge in [-0.3, -0.25) is 4.79 Å². The molecule has 0 aliphatic carbocycles. The fourth-order valence-corrected chi connectivity index (χ4v) is 2.59. The van der Waals surface area contributed by atoms with Gasteiger partial charge in [0.1, 0.15) is 11.5 Å². The molecule has 0 atom stereocenters. The fraction of sp³-hybridized carbons (Fsp3) is 0.350. The van der Waals surface area contributed by atoms with E-state index in [0.717, 1.165) is 21.9 Å². The SMILES string of the molecule is CCOc1ccccc1NC(=O)CCCOc1cc(C)c(Cl)c(C)c1. The molecule has 0 aliphatic heterocycles. The molecule has 25 heavy (non-hydrogen) atoms. The lowest BCUT2D eigenvalue weighted by Crippen LogP contribution is -2.13. The first kappa shape index (κ1) is 19.1. The van der Waals surface area contributed by atoms with Gasteiger partial charge in [0.25, 0.3) is 0 Å². The molecule has 4 nitrogen and oxygen atoms in total. The highest BCUT2D eigenvalue weighted by Gasteiger charge is 2.08. The molecule has 0 bridgehead atoms. The minimum Gasteiger partial charge on any atom is -0.494 e. The molecule has 0 aromatic heterocycles. The van der Waals surface area contributed by atoms with Crippen LogP contribution in [0.2, 0.25) is 5.02 Å². The Morgan fingerprint density at radius 2 is 1.80 bits per heavy atom. The van der Waals surface area contributed by atoms with Crippen LogP contribution in [0.1, 0.15) is 30.9 Å². The lowest BCUT2D eigenvalue weighted by Gasteiger charge is -2.12. The molecule has 0 saturated carbocycles. The predicted molar refractivity (Wildman–Crippen MR) is 102 cm³/mol. The lowest BCUT2D eigenvalue weighted by molar-refractivity contribution is -0.116. The highest BCUT2D eigenvalue weighted by atomic mass is 35.5. The third-order valence-corrected chi connectivity index (χ3v) is 4.28. The van der Waals surface area contributed by atoms with Crippen molar-refractivity contribution in [2.24, 2.45) is 0 Å². The molecule has 2 rings (SSSR count). The number of hydrogen-bond acceptors (Lipinski definition) is 3. The van der Waals surface area contributed by atoms with Crippen molar-refractivity contribution in [3.63, 3.8) is 0 Å². The van der Waals surface area contributed by atoms with E-state index in [2.05, 4.69) is 5.32 Å². The molecule has 0 fully saturated rings. The number of rotatable bonds is 8. The van der Waals surface area contributed by atoms with Crippen molar-refractivity contribution in [1.82, 2.24) is 0 Å². The molecular formula is C20H24ClNO3. The Morgan fingerprint density at radius 3 is 2.48 bits per heavy atom. The van der Waals surface area contributed by atoms with Crippen LogP contribution in [0, 0.1) is 13.8 Å². The summed E-state index contributed by atoms with van der Waals surface area (Å²) in [6, 6.07) is 11.2. The van der Waals surface area contributed by atoms with E-state index >= 15 is 0 Å². The molecular weight excluding hydrogens is 338 g/mol. The van der Waals surface area contributed by atoms with Crippen molar-refractivity contribution >= 4 is 23.2 Å². The second-order valence-electron chi connectivity index (χ2n) is 5.80. The molecule has 2 aromatic rings. The average Bonchev–Trinajstić information content (AvgIpc) is 2.58. The second kappa shape index (κ2) is 9.33. The number of carbonyl (C=O) groups excluding carboxylic acids is 1. The van der Waals surface area contributed by atoms with Crippen LogP contribution in [0.15, 0.2) is 36.4 Å². The number of carbonyl (C=O) groups is 1. The van der Waals surface area contributed by atoms with Gasteiger partial charge in [-0.05, 0) is 62.6 Å². The van der Waals surface area contributed by atoms with Gasteiger partial charge in [0, 0.05) is 11.4 Å². The first-order valence-corrected chi connectivity index (χ1v) is 8.80. The number of ether oxygens (including phenoxy) is 2. The summed E-state index contributed by atoms with van der Waals surface area (Å²) >= 11 is 6.15. The number of amides is 1. The third-order valence-electron chi connectivity index (χ3n) is 3.69. The number of para-hydroxylation sites is 2. The van der Waals surface area contributed by atoms with Crippen molar-refractivity contribution in [1.29, 1.82) is 0 Å². The summed E-state index contributed by atoms with van der Waals surface area (Å²) in [5, 5.41) is 3.65. The Kier molecular flexibility index (Phi) is 7.14. The van der Waals surface area contributed by atoms with E-state index in [0.29, 0.717) is 37.5 Å². The highest BCUT2D eigenvalue weighted by Crippen LogP contribution is 2.26. The summed E-state index contributed by atoms with van der Waals surface area (Å²) in [5.41, 5.74) is 2.67. The summed E-state index contributed by atoms with van der Waals surface area (Å²) in [7, 11) is 0. The third kappa shape index (κ3) is 5.68. The molecule has 1 amide bonds. The molecule has 0 heterocycles. The monoisotopic (exact) mass is 361 g/mol. The van der Waals surface area contributed by atoms with Crippen LogP contribution >= 0.6 is 11.6 Å². The van der Waals surface area contributed by atoms with Crippen LogP contribution in [0.3, 0.4) is 0 Å². The first-order chi connectivity index (χ1) is 12.0. The minimum absolute atomic E-state index is 0.0563. The number of anilines is 1. The van der Waals surface area contributed by atoms with Gasteiger partial charge in [-0.25, -0.2) is 0 Å². The first-order valence-electron chi connectivity index (χ1n) is 8.42. The predicted octanol–water partition coefficient (Wildman–Crippen LogP) is 5.15. The summed E-state index contributed by atoms with van der Waals surface area (Å²) in [4.78, 5) is 12.1. The highest BCUT2D eigenvalue weighted by molar-refractivity contribution is 6.32. The van der Waals surface area contributed by atoms with Crippen LogP contribution in [-0.4, -0.2) is 19.1 Å². The second-order valence-corrected chi connectivity index (χ2v) is 6.18. The average molecular weight is 362 g/mol. The van der Waals surface area contributed by atoms with Gasteiger partial charge in [-0.15, -0.1) is 0 Å². The summed E-state index contributed by atoms with van der Waals surface area (Å²) in [6.45, 7) is 6.84. The van der Waals surface area contributed by atoms with E-state index < -0.39 is 0 Å². The van der Waals surface area contributed by atoms with Crippen LogP contribution < -0.4 is 14.8 Å². The maximum atomic E-state index is 12.1. The number of hydrogen-bond donors (Lipinski definition) is 1. The van der Waals surface area contributed by atoms with E-state index in [9.17, 15) is 4.79 Å². The fourth-order valence-electron chi connectivity index (χ4n) is 2.48. The Morgan fingerprint density at radius 1 is 1.12 bits per heavy atom. The van der Waals surface area contributed by atoms with Gasteiger partial charge in [0.05, 0.1) is 18.9 Å². The van der Waals surface area contributed by atoms with Gasteiger partial charge < -0.3 is 14.8 Å². The van der Waals surface area contributed by atoms with Crippen molar-refractivity contribution in [3.8, 4) is 11.5 Å². The van der Waals surface area contributed by atoms with Crippen molar-refractivity contribution in [3.05, 3.63) is 52.5 Å². The quantitative estimate of drug-likeness (QED) is 0.661. The van der Waals surface area contributed by atoms with Gasteiger partial charge in [-0.2, -0.15) is 0 Å². The zero-order valence-electron chi connectivity index (χ0n) is 14.9. The number of aryl methyl sites for hydroxylation is 2.